The van der Waals surface area contributed by atoms with E-state index in [1.165, 1.54) is 92.1 Å². The minimum absolute atomic E-state index is 0.0848. The molecule has 1 spiro atoms. The molecule has 0 aliphatic heterocycles. The van der Waals surface area contributed by atoms with Crippen molar-refractivity contribution in [3.05, 3.63) is 181 Å². The summed E-state index contributed by atoms with van der Waals surface area (Å²) >= 11 is 0. The molecule has 4 saturated carbocycles. The van der Waals surface area contributed by atoms with Crippen molar-refractivity contribution in [2.24, 2.45) is 23.7 Å². The Hall–Kier alpha value is -7.04. The van der Waals surface area contributed by atoms with E-state index in [0.717, 1.165) is 45.2 Å². The van der Waals surface area contributed by atoms with Crippen LogP contribution < -0.4 is 0 Å². The average molecular weight is 795 g/mol. The molecule has 11 aromatic rings. The maximum absolute atomic E-state index is 5.67. The van der Waals surface area contributed by atoms with Crippen LogP contribution in [0.3, 0.4) is 0 Å². The van der Waals surface area contributed by atoms with Gasteiger partial charge in [0.1, 0.15) is 0 Å². The van der Waals surface area contributed by atoms with Crippen LogP contribution in [0.4, 0.5) is 0 Å². The van der Waals surface area contributed by atoms with Crippen LogP contribution in [-0.4, -0.2) is 19.1 Å². The Morgan fingerprint density at radius 3 is 1.98 bits per heavy atom. The zero-order valence-electron chi connectivity index (χ0n) is 34.3. The van der Waals surface area contributed by atoms with Gasteiger partial charge < -0.3 is 4.57 Å². The van der Waals surface area contributed by atoms with E-state index in [1.807, 2.05) is 0 Å². The van der Waals surface area contributed by atoms with E-state index >= 15 is 0 Å². The molecule has 4 nitrogen and oxygen atoms in total. The average Bonchev–Trinajstić information content (AvgIpc) is 3.93. The van der Waals surface area contributed by atoms with Gasteiger partial charge in [0.15, 0.2) is 0 Å². The van der Waals surface area contributed by atoms with Gasteiger partial charge in [0.05, 0.1) is 33.3 Å². The molecular weight excluding hydrogens is 753 g/mol. The first-order valence-electron chi connectivity index (χ1n) is 22.7. The fourth-order valence-corrected chi connectivity index (χ4v) is 14.0. The summed E-state index contributed by atoms with van der Waals surface area (Å²) in [5.41, 5.74) is 14.9. The molecule has 16 rings (SSSR count). The standard InChI is InChI=1S/C58H42N4/c1-2-13-40(14-3-1)61-51-21-11-8-17-43(51)46-31-37(23-24-52(46)61)56-44-18-7-10-20-50(44)59-57(60-56)62-53-25-22-36-12-4-5-15-41(36)55(53)47-32-49-45(33-54(47)62)42-16-6-9-19-48(42)58(49)38-27-34-26-35(29-38)30-39(58)28-34/h1-25,31-35,38-39H,26-30H2. The number of nitrogens with zero attached hydrogens (tertiary/aromatic N) is 4. The highest BCUT2D eigenvalue weighted by Crippen LogP contribution is 2.69. The van der Waals surface area contributed by atoms with Gasteiger partial charge in [0.25, 0.3) is 0 Å². The van der Waals surface area contributed by atoms with Gasteiger partial charge in [-0.1, -0.05) is 115 Å². The van der Waals surface area contributed by atoms with E-state index in [9.17, 15) is 0 Å². The van der Waals surface area contributed by atoms with Crippen molar-refractivity contribution in [1.29, 1.82) is 0 Å². The van der Waals surface area contributed by atoms with Crippen molar-refractivity contribution < 1.29 is 0 Å². The van der Waals surface area contributed by atoms with Crippen molar-refractivity contribution in [2.45, 2.75) is 37.5 Å². The van der Waals surface area contributed by atoms with Gasteiger partial charge in [0, 0.05) is 43.6 Å². The lowest BCUT2D eigenvalue weighted by Gasteiger charge is -2.61. The topological polar surface area (TPSA) is 35.6 Å². The molecule has 0 amide bonds. The van der Waals surface area contributed by atoms with Crippen molar-refractivity contribution in [2.75, 3.05) is 0 Å². The van der Waals surface area contributed by atoms with Crippen molar-refractivity contribution >= 4 is 65.3 Å². The second-order valence-electron chi connectivity index (χ2n) is 19.0. The summed E-state index contributed by atoms with van der Waals surface area (Å²) in [6.07, 6.45) is 6.94. The number of hydrogen-bond donors (Lipinski definition) is 0. The molecular formula is C58H42N4. The monoisotopic (exact) mass is 794 g/mol. The number of hydrogen-bond acceptors (Lipinski definition) is 2. The number of benzene rings is 8. The summed E-state index contributed by atoms with van der Waals surface area (Å²) in [5.74, 6) is 3.91. The highest BCUT2D eigenvalue weighted by molar-refractivity contribution is 6.22. The van der Waals surface area contributed by atoms with Crippen molar-refractivity contribution in [3.63, 3.8) is 0 Å². The third-order valence-electron chi connectivity index (χ3n) is 16.1. The molecule has 294 valence electrons. The maximum Gasteiger partial charge on any atom is 0.235 e. The predicted molar refractivity (Wildman–Crippen MR) is 254 cm³/mol. The van der Waals surface area contributed by atoms with Gasteiger partial charge in [0.2, 0.25) is 5.95 Å². The van der Waals surface area contributed by atoms with E-state index in [0.29, 0.717) is 17.8 Å². The third-order valence-corrected chi connectivity index (χ3v) is 16.1. The predicted octanol–water partition coefficient (Wildman–Crippen LogP) is 14.4. The quantitative estimate of drug-likeness (QED) is 0.179. The molecule has 0 unspecified atom stereocenters. The molecule has 5 aliphatic rings. The van der Waals surface area contributed by atoms with Crippen LogP contribution in [0.1, 0.15) is 43.2 Å². The molecule has 3 aromatic heterocycles. The number of fused-ring (bicyclic) bond motifs is 12. The Labute approximate surface area is 359 Å². The van der Waals surface area contributed by atoms with Crippen molar-refractivity contribution in [3.8, 4) is 34.0 Å². The second-order valence-corrected chi connectivity index (χ2v) is 19.0. The van der Waals surface area contributed by atoms with Crippen LogP contribution in [-0.2, 0) is 5.41 Å². The van der Waals surface area contributed by atoms with Gasteiger partial charge >= 0.3 is 0 Å². The zero-order chi connectivity index (χ0) is 40.3. The minimum Gasteiger partial charge on any atom is -0.309 e. The lowest BCUT2D eigenvalue weighted by Crippen LogP contribution is -2.55. The SMILES string of the molecule is c1ccc(-n2c3ccccc3c3cc(-c4nc(-n5c6cc7c(cc6c6c8ccccc8ccc65)C5(c6ccccc6-7)C6CC7CC(C6)CC5C7)nc5ccccc45)ccc32)cc1. The van der Waals surface area contributed by atoms with E-state index in [-0.39, 0.29) is 5.41 Å². The van der Waals surface area contributed by atoms with Gasteiger partial charge in [-0.2, -0.15) is 0 Å². The summed E-state index contributed by atoms with van der Waals surface area (Å²) in [4.78, 5) is 11.1. The molecule has 0 atom stereocenters. The molecule has 0 N–H and O–H groups in total. The largest absolute Gasteiger partial charge is 0.309 e. The molecule has 4 bridgehead atoms. The molecule has 62 heavy (non-hydrogen) atoms. The highest BCUT2D eigenvalue weighted by atomic mass is 15.2. The number of aromatic nitrogens is 4. The fraction of sp³-hybridized carbons (Fsp3) is 0.172. The molecule has 4 fully saturated rings. The van der Waals surface area contributed by atoms with Crippen molar-refractivity contribution in [1.82, 2.24) is 19.1 Å². The maximum atomic E-state index is 5.67. The first-order chi connectivity index (χ1) is 30.7. The van der Waals surface area contributed by atoms with E-state index in [1.54, 1.807) is 11.1 Å². The van der Waals surface area contributed by atoms with E-state index in [4.69, 9.17) is 9.97 Å². The summed E-state index contributed by atoms with van der Waals surface area (Å²) < 4.78 is 4.77. The van der Waals surface area contributed by atoms with Crippen LogP contribution in [0.15, 0.2) is 170 Å². The Morgan fingerprint density at radius 2 is 1.13 bits per heavy atom. The molecule has 0 radical (unpaired) electrons. The highest BCUT2D eigenvalue weighted by Gasteiger charge is 2.61. The molecule has 0 saturated heterocycles. The first kappa shape index (κ1) is 33.7. The molecule has 3 heterocycles. The van der Waals surface area contributed by atoms with Crippen LogP contribution in [0.2, 0.25) is 0 Å². The third kappa shape index (κ3) is 4.27. The Bertz CT molecular complexity index is 3690. The second kappa shape index (κ2) is 12.1. The smallest absolute Gasteiger partial charge is 0.235 e. The van der Waals surface area contributed by atoms with Crippen LogP contribution in [0.5, 0.6) is 0 Å². The van der Waals surface area contributed by atoms with Crippen LogP contribution in [0, 0.1) is 23.7 Å². The zero-order valence-corrected chi connectivity index (χ0v) is 34.3. The summed E-state index contributed by atoms with van der Waals surface area (Å²) in [6.45, 7) is 0. The van der Waals surface area contributed by atoms with Gasteiger partial charge in [-0.05, 0) is 143 Å². The first-order valence-corrected chi connectivity index (χ1v) is 22.7. The molecule has 8 aromatic carbocycles. The van der Waals surface area contributed by atoms with Gasteiger partial charge in [-0.3, -0.25) is 4.57 Å². The number of para-hydroxylation sites is 3. The molecule has 5 aliphatic carbocycles. The normalized spacial score (nSPS) is 22.3. The van der Waals surface area contributed by atoms with E-state index in [2.05, 4.69) is 179 Å². The Kier molecular flexibility index (Phi) is 6.55. The van der Waals surface area contributed by atoms with Gasteiger partial charge in [-0.25, -0.2) is 9.97 Å². The summed E-state index contributed by atoms with van der Waals surface area (Å²) in [7, 11) is 0. The van der Waals surface area contributed by atoms with Gasteiger partial charge in [-0.15, -0.1) is 0 Å². The lowest BCUT2D eigenvalue weighted by atomic mass is 9.43. The molecule has 4 heteroatoms. The minimum atomic E-state index is 0.0848. The Morgan fingerprint density at radius 1 is 0.435 bits per heavy atom. The fourth-order valence-electron chi connectivity index (χ4n) is 14.0. The van der Waals surface area contributed by atoms with Crippen LogP contribution >= 0.6 is 0 Å². The number of rotatable bonds is 3. The van der Waals surface area contributed by atoms with E-state index < -0.39 is 0 Å². The summed E-state index contributed by atoms with van der Waals surface area (Å²) in [6, 6.07) is 63.1. The van der Waals surface area contributed by atoms with Crippen LogP contribution in [0.25, 0.3) is 99.3 Å². The summed E-state index contributed by atoms with van der Waals surface area (Å²) in [5, 5.41) is 8.64. The Balaban J connectivity index is 1.01. The lowest BCUT2D eigenvalue weighted by molar-refractivity contribution is -0.0399.